The van der Waals surface area contributed by atoms with Gasteiger partial charge >= 0.3 is 6.61 Å². The quantitative estimate of drug-likeness (QED) is 0.495. The molecule has 0 spiro atoms. The van der Waals surface area contributed by atoms with Crippen molar-refractivity contribution < 1.29 is 22.8 Å². The number of ether oxygens (including phenoxy) is 2. The molecule has 9 heteroatoms. The topological polar surface area (TPSA) is 69.4 Å². The summed E-state index contributed by atoms with van der Waals surface area (Å²) in [5.74, 6) is 1.44. The number of nitrogens with one attached hydrogen (secondary N) is 1. The fourth-order valence-electron chi connectivity index (χ4n) is 3.30. The summed E-state index contributed by atoms with van der Waals surface area (Å²) in [5, 5.41) is 8.18. The van der Waals surface area contributed by atoms with Crippen LogP contribution < -0.4 is 14.8 Å². The van der Waals surface area contributed by atoms with Crippen LogP contribution in [0.4, 0.5) is 8.78 Å². The Morgan fingerprint density at radius 1 is 1.17 bits per heavy atom. The van der Waals surface area contributed by atoms with Crippen LogP contribution in [0.15, 0.2) is 47.0 Å². The Morgan fingerprint density at radius 2 is 1.93 bits per heavy atom. The predicted octanol–water partition coefficient (Wildman–Crippen LogP) is 5.24. The van der Waals surface area contributed by atoms with Crippen molar-refractivity contribution in [2.45, 2.75) is 32.0 Å². The molecule has 0 radical (unpaired) electrons. The Kier molecular flexibility index (Phi) is 6.15. The summed E-state index contributed by atoms with van der Waals surface area (Å²) >= 11 is 5.99. The largest absolute Gasteiger partial charge is 0.493 e. The maximum absolute atomic E-state index is 12.5. The van der Waals surface area contributed by atoms with E-state index in [9.17, 15) is 8.78 Å². The van der Waals surface area contributed by atoms with Crippen LogP contribution in [0, 0.1) is 5.92 Å². The molecule has 1 fully saturated rings. The monoisotopic (exact) mass is 435 g/mol. The van der Waals surface area contributed by atoms with Crippen molar-refractivity contribution in [1.29, 1.82) is 0 Å². The highest BCUT2D eigenvalue weighted by atomic mass is 35.5. The highest BCUT2D eigenvalue weighted by Gasteiger charge is 2.32. The highest BCUT2D eigenvalue weighted by Crippen LogP contribution is 2.41. The van der Waals surface area contributed by atoms with Gasteiger partial charge in [0.25, 0.3) is 0 Å². The summed E-state index contributed by atoms with van der Waals surface area (Å²) in [4.78, 5) is 4.40. The summed E-state index contributed by atoms with van der Waals surface area (Å²) in [6.45, 7) is -2.53. The van der Waals surface area contributed by atoms with Crippen molar-refractivity contribution in [3.63, 3.8) is 0 Å². The molecular weight excluding hydrogens is 416 g/mol. The fourth-order valence-corrected chi connectivity index (χ4v) is 3.42. The third kappa shape index (κ3) is 4.88. The van der Waals surface area contributed by atoms with Crippen LogP contribution >= 0.6 is 11.6 Å². The lowest BCUT2D eigenvalue weighted by molar-refractivity contribution is -0.0512. The molecule has 158 valence electrons. The average Bonchev–Trinajstić information content (AvgIpc) is 3.46. The zero-order valence-electron chi connectivity index (χ0n) is 16.1. The van der Waals surface area contributed by atoms with Crippen LogP contribution in [-0.4, -0.2) is 23.9 Å². The van der Waals surface area contributed by atoms with E-state index in [0.29, 0.717) is 34.8 Å². The average molecular weight is 436 g/mol. The molecule has 0 saturated heterocycles. The van der Waals surface area contributed by atoms with Gasteiger partial charge in [-0.2, -0.15) is 13.8 Å². The standard InChI is InChI=1S/C21H20ClF2N3O3/c1-28-17-10-14(6-9-16(17)29-21(23)24)20-26-18(30-27-20)11-25-19(12-2-3-12)13-4-7-15(22)8-5-13/h4-10,12,19,21,25H,2-3,11H2,1H3. The number of hydrogen-bond acceptors (Lipinski definition) is 6. The second-order valence-electron chi connectivity index (χ2n) is 7.00. The van der Waals surface area contributed by atoms with Gasteiger partial charge in [-0.1, -0.05) is 28.9 Å². The number of hydrogen-bond donors (Lipinski definition) is 1. The Labute approximate surface area is 177 Å². The van der Waals surface area contributed by atoms with Gasteiger partial charge in [0.15, 0.2) is 11.5 Å². The summed E-state index contributed by atoms with van der Waals surface area (Å²) in [7, 11) is 1.37. The molecule has 30 heavy (non-hydrogen) atoms. The van der Waals surface area contributed by atoms with E-state index < -0.39 is 6.61 Å². The molecule has 0 amide bonds. The molecule has 0 aliphatic heterocycles. The fraction of sp³-hybridized carbons (Fsp3) is 0.333. The zero-order valence-corrected chi connectivity index (χ0v) is 16.9. The lowest BCUT2D eigenvalue weighted by atomic mass is 10.0. The van der Waals surface area contributed by atoms with Gasteiger partial charge in [0.2, 0.25) is 11.7 Å². The Morgan fingerprint density at radius 3 is 2.60 bits per heavy atom. The Balaban J connectivity index is 1.45. The highest BCUT2D eigenvalue weighted by molar-refractivity contribution is 6.30. The molecule has 1 unspecified atom stereocenters. The lowest BCUT2D eigenvalue weighted by Gasteiger charge is -2.17. The minimum absolute atomic E-state index is 0.0584. The molecule has 1 aliphatic rings. The van der Waals surface area contributed by atoms with Gasteiger partial charge in [-0.25, -0.2) is 0 Å². The molecule has 2 aromatic carbocycles. The van der Waals surface area contributed by atoms with E-state index in [2.05, 4.69) is 20.2 Å². The number of alkyl halides is 2. The van der Waals surface area contributed by atoms with E-state index >= 15 is 0 Å². The number of halogens is 3. The number of nitrogens with zero attached hydrogens (tertiary/aromatic N) is 2. The SMILES string of the molecule is COc1cc(-c2noc(CNC(c3ccc(Cl)cc3)C3CC3)n2)ccc1OC(F)F. The van der Waals surface area contributed by atoms with E-state index in [1.54, 1.807) is 6.07 Å². The van der Waals surface area contributed by atoms with Crippen molar-refractivity contribution in [2.75, 3.05) is 7.11 Å². The van der Waals surface area contributed by atoms with Crippen LogP contribution in [-0.2, 0) is 6.54 Å². The summed E-state index contributed by atoms with van der Waals surface area (Å²) in [6.07, 6.45) is 2.34. The molecule has 1 aliphatic carbocycles. The van der Waals surface area contributed by atoms with E-state index in [1.165, 1.54) is 37.6 Å². The van der Waals surface area contributed by atoms with Crippen LogP contribution in [0.1, 0.15) is 30.3 Å². The Bertz CT molecular complexity index is 993. The molecule has 1 heterocycles. The number of rotatable bonds is 9. The second-order valence-corrected chi connectivity index (χ2v) is 7.44. The van der Waals surface area contributed by atoms with E-state index in [0.717, 1.165) is 0 Å². The van der Waals surface area contributed by atoms with Gasteiger partial charge in [0.05, 0.1) is 13.7 Å². The second kappa shape index (κ2) is 8.97. The molecule has 1 atom stereocenters. The van der Waals surface area contributed by atoms with Crippen molar-refractivity contribution >= 4 is 11.6 Å². The van der Waals surface area contributed by atoms with E-state index in [-0.39, 0.29) is 17.5 Å². The number of methoxy groups -OCH3 is 1. The predicted molar refractivity (Wildman–Crippen MR) is 107 cm³/mol. The summed E-state index contributed by atoms with van der Waals surface area (Å²) < 4.78 is 39.9. The van der Waals surface area contributed by atoms with Crippen molar-refractivity contribution in [2.24, 2.45) is 5.92 Å². The molecule has 1 aromatic heterocycles. The van der Waals surface area contributed by atoms with Gasteiger partial charge in [-0.3, -0.25) is 0 Å². The van der Waals surface area contributed by atoms with Crippen LogP contribution in [0.3, 0.4) is 0 Å². The third-order valence-electron chi connectivity index (χ3n) is 4.90. The molecular formula is C21H20ClF2N3O3. The van der Waals surface area contributed by atoms with Crippen LogP contribution in [0.5, 0.6) is 11.5 Å². The molecule has 1 N–H and O–H groups in total. The first-order valence-corrected chi connectivity index (χ1v) is 9.86. The van der Waals surface area contributed by atoms with Crippen LogP contribution in [0.25, 0.3) is 11.4 Å². The minimum atomic E-state index is -2.94. The first-order chi connectivity index (χ1) is 14.5. The van der Waals surface area contributed by atoms with Gasteiger partial charge in [0, 0.05) is 16.6 Å². The molecule has 1 saturated carbocycles. The van der Waals surface area contributed by atoms with Crippen molar-refractivity contribution in [3.8, 4) is 22.9 Å². The van der Waals surface area contributed by atoms with Gasteiger partial charge in [0.1, 0.15) is 0 Å². The maximum atomic E-state index is 12.5. The zero-order chi connectivity index (χ0) is 21.1. The van der Waals surface area contributed by atoms with Gasteiger partial charge in [-0.15, -0.1) is 0 Å². The van der Waals surface area contributed by atoms with Gasteiger partial charge < -0.3 is 19.3 Å². The first kappa shape index (κ1) is 20.6. The first-order valence-electron chi connectivity index (χ1n) is 9.48. The molecule has 0 bridgehead atoms. The van der Waals surface area contributed by atoms with E-state index in [1.807, 2.05) is 24.3 Å². The summed E-state index contributed by atoms with van der Waals surface area (Å²) in [6, 6.07) is 12.5. The number of benzene rings is 2. The maximum Gasteiger partial charge on any atom is 0.387 e. The molecule has 4 rings (SSSR count). The molecule has 6 nitrogen and oxygen atoms in total. The Hall–Kier alpha value is -2.71. The third-order valence-corrected chi connectivity index (χ3v) is 5.15. The summed E-state index contributed by atoms with van der Waals surface area (Å²) in [5.41, 5.74) is 1.74. The van der Waals surface area contributed by atoms with Crippen LogP contribution in [0.2, 0.25) is 5.02 Å². The van der Waals surface area contributed by atoms with Crippen molar-refractivity contribution in [1.82, 2.24) is 15.5 Å². The van der Waals surface area contributed by atoms with Gasteiger partial charge in [-0.05, 0) is 54.7 Å². The van der Waals surface area contributed by atoms with Crippen molar-refractivity contribution in [3.05, 3.63) is 58.9 Å². The number of aromatic nitrogens is 2. The van der Waals surface area contributed by atoms with E-state index in [4.69, 9.17) is 20.9 Å². The minimum Gasteiger partial charge on any atom is -0.493 e. The lowest BCUT2D eigenvalue weighted by Crippen LogP contribution is -2.22. The normalized spacial score (nSPS) is 14.7. The molecule has 3 aromatic rings. The smallest absolute Gasteiger partial charge is 0.387 e.